The van der Waals surface area contributed by atoms with Crippen LogP contribution in [0.2, 0.25) is 0 Å². The smallest absolute Gasteiger partial charge is 0.237 e. The third kappa shape index (κ3) is 2.45. The average molecular weight is 198 g/mol. The van der Waals surface area contributed by atoms with Gasteiger partial charge in [-0.15, -0.1) is 0 Å². The van der Waals surface area contributed by atoms with Crippen molar-refractivity contribution in [1.82, 2.24) is 10.2 Å². The minimum absolute atomic E-state index is 0.223. The van der Waals surface area contributed by atoms with E-state index in [0.717, 1.165) is 26.0 Å². The predicted octanol–water partition coefficient (Wildman–Crippen LogP) is 0.335. The van der Waals surface area contributed by atoms with Crippen LogP contribution in [0.1, 0.15) is 25.7 Å². The number of hydrogen-bond donors (Lipinski definition) is 1. The fourth-order valence-electron chi connectivity index (χ4n) is 2.04. The molecule has 0 spiro atoms. The zero-order valence-corrected chi connectivity index (χ0v) is 8.50. The molecule has 14 heavy (non-hydrogen) atoms. The molecule has 0 aromatic carbocycles. The first-order chi connectivity index (χ1) is 6.86. The summed E-state index contributed by atoms with van der Waals surface area (Å²) in [6.45, 7) is 2.96. The normalized spacial score (nSPS) is 28.4. The van der Waals surface area contributed by atoms with E-state index < -0.39 is 0 Å². The molecule has 2 saturated heterocycles. The van der Waals surface area contributed by atoms with Gasteiger partial charge in [-0.05, 0) is 25.7 Å². The third-order valence-corrected chi connectivity index (χ3v) is 2.93. The molecule has 2 fully saturated rings. The highest BCUT2D eigenvalue weighted by Gasteiger charge is 2.21. The van der Waals surface area contributed by atoms with Gasteiger partial charge in [-0.2, -0.15) is 0 Å². The molecule has 0 saturated carbocycles. The fourth-order valence-corrected chi connectivity index (χ4v) is 2.04. The number of nitrogens with zero attached hydrogens (tertiary/aromatic N) is 1. The van der Waals surface area contributed by atoms with Crippen LogP contribution >= 0.6 is 0 Å². The summed E-state index contributed by atoms with van der Waals surface area (Å²) in [5, 5.41) is 3.05. The van der Waals surface area contributed by atoms with E-state index in [2.05, 4.69) is 5.32 Å². The van der Waals surface area contributed by atoms with Gasteiger partial charge in [-0.3, -0.25) is 10.1 Å². The first-order valence-electron chi connectivity index (χ1n) is 5.46. The second-order valence-corrected chi connectivity index (χ2v) is 4.02. The molecule has 0 radical (unpaired) electrons. The fraction of sp³-hybridized carbons (Fsp3) is 0.900. The molecule has 2 aliphatic heterocycles. The van der Waals surface area contributed by atoms with E-state index in [4.69, 9.17) is 4.74 Å². The van der Waals surface area contributed by atoms with Crippen LogP contribution < -0.4 is 5.32 Å². The topological polar surface area (TPSA) is 41.6 Å². The molecule has 1 amide bonds. The van der Waals surface area contributed by atoms with Crippen molar-refractivity contribution in [1.29, 1.82) is 0 Å². The van der Waals surface area contributed by atoms with Crippen LogP contribution in [0.4, 0.5) is 0 Å². The van der Waals surface area contributed by atoms with Gasteiger partial charge in [0.25, 0.3) is 0 Å². The molecule has 0 aliphatic carbocycles. The Kier molecular flexibility index (Phi) is 3.37. The Labute approximate surface area is 84.6 Å². The minimum Gasteiger partial charge on any atom is -0.378 e. The number of amides is 1. The SMILES string of the molecule is O=C1CNCN1CCC1CCCCO1. The van der Waals surface area contributed by atoms with Crippen molar-refractivity contribution in [3.05, 3.63) is 0 Å². The predicted molar refractivity (Wildman–Crippen MR) is 52.8 cm³/mol. The molecule has 1 unspecified atom stereocenters. The molecule has 2 aliphatic rings. The number of carbonyl (C=O) groups is 1. The van der Waals surface area contributed by atoms with Crippen molar-refractivity contribution in [2.45, 2.75) is 31.8 Å². The molecular formula is C10H18N2O2. The third-order valence-electron chi connectivity index (χ3n) is 2.93. The van der Waals surface area contributed by atoms with Crippen LogP contribution in [0.15, 0.2) is 0 Å². The Balaban J connectivity index is 1.68. The molecular weight excluding hydrogens is 180 g/mol. The monoisotopic (exact) mass is 198 g/mol. The summed E-state index contributed by atoms with van der Waals surface area (Å²) in [6, 6.07) is 0. The van der Waals surface area contributed by atoms with Crippen molar-refractivity contribution in [2.24, 2.45) is 0 Å². The van der Waals surface area contributed by atoms with Crippen LogP contribution in [0, 0.1) is 0 Å². The van der Waals surface area contributed by atoms with Gasteiger partial charge in [0, 0.05) is 13.2 Å². The van der Waals surface area contributed by atoms with Gasteiger partial charge in [0.2, 0.25) is 5.91 Å². The lowest BCUT2D eigenvalue weighted by Crippen LogP contribution is -2.31. The standard InChI is InChI=1S/C10H18N2O2/c13-10-7-11-8-12(10)5-4-9-3-1-2-6-14-9/h9,11H,1-8H2. The maximum absolute atomic E-state index is 11.3. The van der Waals surface area contributed by atoms with Crippen LogP contribution in [0.3, 0.4) is 0 Å². The van der Waals surface area contributed by atoms with Crippen LogP contribution in [-0.2, 0) is 9.53 Å². The summed E-state index contributed by atoms with van der Waals surface area (Å²) >= 11 is 0. The first kappa shape index (κ1) is 9.93. The van der Waals surface area contributed by atoms with Gasteiger partial charge >= 0.3 is 0 Å². The zero-order chi connectivity index (χ0) is 9.80. The largest absolute Gasteiger partial charge is 0.378 e. The average Bonchev–Trinajstić information content (AvgIpc) is 2.63. The Hall–Kier alpha value is -0.610. The van der Waals surface area contributed by atoms with Crippen molar-refractivity contribution in [3.63, 3.8) is 0 Å². The van der Waals surface area contributed by atoms with E-state index in [9.17, 15) is 4.79 Å². The highest BCUT2D eigenvalue weighted by atomic mass is 16.5. The number of carbonyl (C=O) groups excluding carboxylic acids is 1. The van der Waals surface area contributed by atoms with Crippen molar-refractivity contribution in [3.8, 4) is 0 Å². The van der Waals surface area contributed by atoms with Gasteiger partial charge in [0.1, 0.15) is 0 Å². The molecule has 80 valence electrons. The quantitative estimate of drug-likeness (QED) is 0.711. The van der Waals surface area contributed by atoms with E-state index in [1.54, 1.807) is 0 Å². The van der Waals surface area contributed by atoms with Crippen molar-refractivity contribution in [2.75, 3.05) is 26.4 Å². The van der Waals surface area contributed by atoms with Crippen LogP contribution in [0.5, 0.6) is 0 Å². The number of nitrogens with one attached hydrogen (secondary N) is 1. The van der Waals surface area contributed by atoms with E-state index in [0.29, 0.717) is 19.3 Å². The molecule has 4 nitrogen and oxygen atoms in total. The van der Waals surface area contributed by atoms with E-state index >= 15 is 0 Å². The summed E-state index contributed by atoms with van der Waals surface area (Å²) in [5.41, 5.74) is 0. The second kappa shape index (κ2) is 4.75. The highest BCUT2D eigenvalue weighted by Crippen LogP contribution is 2.16. The first-order valence-corrected chi connectivity index (χ1v) is 5.46. The molecule has 2 heterocycles. The van der Waals surface area contributed by atoms with Gasteiger partial charge in [-0.1, -0.05) is 0 Å². The maximum atomic E-state index is 11.3. The van der Waals surface area contributed by atoms with Gasteiger partial charge in [0.15, 0.2) is 0 Å². The molecule has 2 rings (SSSR count). The molecule has 4 heteroatoms. The van der Waals surface area contributed by atoms with Crippen molar-refractivity contribution >= 4 is 5.91 Å². The Morgan fingerprint density at radius 3 is 3.07 bits per heavy atom. The number of hydrogen-bond acceptors (Lipinski definition) is 3. The zero-order valence-electron chi connectivity index (χ0n) is 8.50. The number of ether oxygens (including phenoxy) is 1. The lowest BCUT2D eigenvalue weighted by atomic mass is 10.1. The minimum atomic E-state index is 0.223. The molecule has 0 bridgehead atoms. The van der Waals surface area contributed by atoms with Gasteiger partial charge in [0.05, 0.1) is 19.3 Å². The second-order valence-electron chi connectivity index (χ2n) is 4.02. The summed E-state index contributed by atoms with van der Waals surface area (Å²) in [6.07, 6.45) is 5.01. The highest BCUT2D eigenvalue weighted by molar-refractivity contribution is 5.79. The molecule has 0 aromatic rings. The van der Waals surface area contributed by atoms with Gasteiger partial charge < -0.3 is 9.64 Å². The van der Waals surface area contributed by atoms with Crippen LogP contribution in [-0.4, -0.2) is 43.3 Å². The lowest BCUT2D eigenvalue weighted by molar-refractivity contribution is -0.127. The van der Waals surface area contributed by atoms with Gasteiger partial charge in [-0.25, -0.2) is 0 Å². The van der Waals surface area contributed by atoms with Crippen LogP contribution in [0.25, 0.3) is 0 Å². The van der Waals surface area contributed by atoms with Crippen molar-refractivity contribution < 1.29 is 9.53 Å². The Morgan fingerprint density at radius 1 is 1.50 bits per heavy atom. The van der Waals surface area contributed by atoms with E-state index in [1.807, 2.05) is 4.90 Å². The summed E-state index contributed by atoms with van der Waals surface area (Å²) < 4.78 is 5.61. The van der Waals surface area contributed by atoms with E-state index in [-0.39, 0.29) is 5.91 Å². The summed E-state index contributed by atoms with van der Waals surface area (Å²) in [5.74, 6) is 0.223. The number of rotatable bonds is 3. The molecule has 1 atom stereocenters. The maximum Gasteiger partial charge on any atom is 0.237 e. The van der Waals surface area contributed by atoms with E-state index in [1.165, 1.54) is 12.8 Å². The molecule has 1 N–H and O–H groups in total. The summed E-state index contributed by atoms with van der Waals surface area (Å²) in [4.78, 5) is 13.1. The Bertz CT molecular complexity index is 202. The Morgan fingerprint density at radius 2 is 2.43 bits per heavy atom. The summed E-state index contributed by atoms with van der Waals surface area (Å²) in [7, 11) is 0. The lowest BCUT2D eigenvalue weighted by Gasteiger charge is -2.24. The molecule has 0 aromatic heterocycles.